The lowest BCUT2D eigenvalue weighted by atomic mass is 10.1. The molecule has 0 radical (unpaired) electrons. The minimum Gasteiger partial charge on any atom is -0.477 e. The lowest BCUT2D eigenvalue weighted by molar-refractivity contribution is 0.0684. The van der Waals surface area contributed by atoms with Crippen molar-refractivity contribution in [2.45, 2.75) is 33.4 Å². The van der Waals surface area contributed by atoms with Crippen molar-refractivity contribution >= 4 is 16.9 Å². The number of carbonyl (C=O) groups is 1. The van der Waals surface area contributed by atoms with Gasteiger partial charge < -0.3 is 15.0 Å². The molecule has 0 aliphatic rings. The maximum atomic E-state index is 12.3. The summed E-state index contributed by atoms with van der Waals surface area (Å²) in [5, 5.41) is 14.6. The van der Waals surface area contributed by atoms with E-state index in [1.54, 1.807) is 0 Å². The predicted octanol–water partition coefficient (Wildman–Crippen LogP) is 5.34. The normalized spacial score (nSPS) is 11.2. The van der Waals surface area contributed by atoms with Gasteiger partial charge in [-0.3, -0.25) is 0 Å². The number of fused-ring (bicyclic) bond motifs is 1. The molecule has 0 saturated carbocycles. The summed E-state index contributed by atoms with van der Waals surface area (Å²) in [6, 6.07) is 24.5. The van der Waals surface area contributed by atoms with E-state index in [0.29, 0.717) is 18.8 Å². The molecule has 0 aliphatic carbocycles. The van der Waals surface area contributed by atoms with E-state index in [1.807, 2.05) is 41.0 Å². The fourth-order valence-corrected chi connectivity index (χ4v) is 4.25. The van der Waals surface area contributed by atoms with Crippen LogP contribution in [0.2, 0.25) is 0 Å². The third-order valence-corrected chi connectivity index (χ3v) is 6.00. The molecule has 31 heavy (non-hydrogen) atoms. The van der Waals surface area contributed by atoms with Gasteiger partial charge in [0, 0.05) is 29.6 Å². The molecule has 158 valence electrons. The van der Waals surface area contributed by atoms with Crippen molar-refractivity contribution in [2.24, 2.45) is 0 Å². The Morgan fingerprint density at radius 1 is 0.871 bits per heavy atom. The van der Waals surface area contributed by atoms with Crippen LogP contribution >= 0.6 is 0 Å². The number of hydrogen-bond acceptors (Lipinski definition) is 2. The van der Waals surface area contributed by atoms with Crippen molar-refractivity contribution in [3.05, 3.63) is 106 Å². The molecule has 4 rings (SSSR count). The Morgan fingerprint density at radius 3 is 2.16 bits per heavy atom. The van der Waals surface area contributed by atoms with Gasteiger partial charge in [-0.25, -0.2) is 4.79 Å². The fraction of sp³-hybridized carbons (Fsp3) is 0.222. The standard InChI is InChI=1S/C27H28N2O2/c1-19-9-3-5-11-21(19)15-16-28-17-24-23-13-7-8-14-25(23)29(26(24)27(30)31)18-22-12-6-4-10-20(22)2/h3-14,28H,15-18H2,1-2H3,(H,30,31). The zero-order chi connectivity index (χ0) is 21.8. The number of nitrogens with one attached hydrogen (secondary N) is 1. The highest BCUT2D eigenvalue weighted by molar-refractivity contribution is 5.98. The molecule has 4 aromatic rings. The maximum Gasteiger partial charge on any atom is 0.352 e. The topological polar surface area (TPSA) is 54.3 Å². The number of rotatable bonds is 8. The Balaban J connectivity index is 1.63. The molecule has 2 N–H and O–H groups in total. The van der Waals surface area contributed by atoms with Crippen LogP contribution in [-0.2, 0) is 19.5 Å². The molecule has 4 heteroatoms. The first kappa shape index (κ1) is 20.9. The summed E-state index contributed by atoms with van der Waals surface area (Å²) >= 11 is 0. The van der Waals surface area contributed by atoms with Crippen LogP contribution in [-0.4, -0.2) is 22.2 Å². The summed E-state index contributed by atoms with van der Waals surface area (Å²) in [5.41, 5.74) is 7.06. The molecule has 4 nitrogen and oxygen atoms in total. The summed E-state index contributed by atoms with van der Waals surface area (Å²) in [6.07, 6.45) is 0.914. The Kier molecular flexibility index (Phi) is 6.19. The summed E-state index contributed by atoms with van der Waals surface area (Å²) in [4.78, 5) is 12.3. The van der Waals surface area contributed by atoms with Crippen molar-refractivity contribution in [3.63, 3.8) is 0 Å². The van der Waals surface area contributed by atoms with Crippen LogP contribution in [0.3, 0.4) is 0 Å². The van der Waals surface area contributed by atoms with Gasteiger partial charge in [0.25, 0.3) is 0 Å². The number of carboxylic acid groups (broad SMARTS) is 1. The third kappa shape index (κ3) is 4.39. The van der Waals surface area contributed by atoms with E-state index in [9.17, 15) is 9.90 Å². The minimum atomic E-state index is -0.888. The largest absolute Gasteiger partial charge is 0.477 e. The molecule has 1 heterocycles. The molecule has 0 spiro atoms. The van der Waals surface area contributed by atoms with Crippen LogP contribution in [0.5, 0.6) is 0 Å². The number of hydrogen-bond donors (Lipinski definition) is 2. The van der Waals surface area contributed by atoms with Gasteiger partial charge in [0.05, 0.1) is 0 Å². The van der Waals surface area contributed by atoms with E-state index in [4.69, 9.17) is 0 Å². The van der Waals surface area contributed by atoms with E-state index >= 15 is 0 Å². The second-order valence-corrected chi connectivity index (χ2v) is 8.02. The Morgan fingerprint density at radius 2 is 1.48 bits per heavy atom. The van der Waals surface area contributed by atoms with Crippen LogP contribution in [0, 0.1) is 13.8 Å². The van der Waals surface area contributed by atoms with Gasteiger partial charge in [0.1, 0.15) is 5.69 Å². The van der Waals surface area contributed by atoms with Gasteiger partial charge in [-0.15, -0.1) is 0 Å². The van der Waals surface area contributed by atoms with Gasteiger partial charge in [-0.05, 0) is 55.1 Å². The fourth-order valence-electron chi connectivity index (χ4n) is 4.25. The Labute approximate surface area is 183 Å². The van der Waals surface area contributed by atoms with Crippen LogP contribution in [0.25, 0.3) is 10.9 Å². The van der Waals surface area contributed by atoms with Crippen LogP contribution < -0.4 is 5.32 Å². The quantitative estimate of drug-likeness (QED) is 0.384. The lowest BCUT2D eigenvalue weighted by Crippen LogP contribution is -2.20. The smallest absolute Gasteiger partial charge is 0.352 e. The van der Waals surface area contributed by atoms with Gasteiger partial charge in [-0.2, -0.15) is 0 Å². The molecular weight excluding hydrogens is 384 g/mol. The predicted molar refractivity (Wildman–Crippen MR) is 126 cm³/mol. The van der Waals surface area contributed by atoms with Crippen molar-refractivity contribution < 1.29 is 9.90 Å². The zero-order valence-electron chi connectivity index (χ0n) is 18.1. The van der Waals surface area contributed by atoms with Crippen molar-refractivity contribution in [2.75, 3.05) is 6.54 Å². The molecule has 0 aliphatic heterocycles. The SMILES string of the molecule is Cc1ccccc1CCNCc1c(C(=O)O)n(Cc2ccccc2C)c2ccccc12. The number of aromatic nitrogens is 1. The molecular formula is C27H28N2O2. The van der Waals surface area contributed by atoms with Crippen LogP contribution in [0.1, 0.15) is 38.3 Å². The summed E-state index contributed by atoms with van der Waals surface area (Å²) < 4.78 is 1.94. The first-order chi connectivity index (χ1) is 15.1. The zero-order valence-corrected chi connectivity index (χ0v) is 18.1. The summed E-state index contributed by atoms with van der Waals surface area (Å²) in [6.45, 7) is 6.04. The third-order valence-electron chi connectivity index (χ3n) is 6.00. The first-order valence-corrected chi connectivity index (χ1v) is 10.7. The highest BCUT2D eigenvalue weighted by Gasteiger charge is 2.22. The van der Waals surface area contributed by atoms with Crippen molar-refractivity contribution in [1.29, 1.82) is 0 Å². The Bertz CT molecular complexity index is 1220. The molecule has 1 aromatic heterocycles. The average molecular weight is 413 g/mol. The highest BCUT2D eigenvalue weighted by Crippen LogP contribution is 2.28. The average Bonchev–Trinajstić information content (AvgIpc) is 3.08. The van der Waals surface area contributed by atoms with Gasteiger partial charge in [-0.1, -0.05) is 66.7 Å². The van der Waals surface area contributed by atoms with E-state index in [2.05, 4.69) is 55.6 Å². The summed E-state index contributed by atoms with van der Waals surface area (Å²) in [7, 11) is 0. The second-order valence-electron chi connectivity index (χ2n) is 8.02. The number of carboxylic acids is 1. The lowest BCUT2D eigenvalue weighted by Gasteiger charge is -2.12. The van der Waals surface area contributed by atoms with Gasteiger partial charge >= 0.3 is 5.97 Å². The first-order valence-electron chi connectivity index (χ1n) is 10.7. The summed E-state index contributed by atoms with van der Waals surface area (Å²) in [5.74, 6) is -0.888. The molecule has 3 aromatic carbocycles. The number of aryl methyl sites for hydroxylation is 2. The molecule has 0 bridgehead atoms. The van der Waals surface area contributed by atoms with Crippen LogP contribution in [0.15, 0.2) is 72.8 Å². The molecule has 0 atom stereocenters. The Hall–Kier alpha value is -3.37. The molecule has 0 saturated heterocycles. The number of para-hydroxylation sites is 1. The van der Waals surface area contributed by atoms with E-state index in [1.165, 1.54) is 11.1 Å². The molecule has 0 amide bonds. The van der Waals surface area contributed by atoms with E-state index < -0.39 is 5.97 Å². The number of benzene rings is 3. The van der Waals surface area contributed by atoms with Gasteiger partial charge in [0.2, 0.25) is 0 Å². The highest BCUT2D eigenvalue weighted by atomic mass is 16.4. The number of aromatic carboxylic acids is 1. The second kappa shape index (κ2) is 9.19. The van der Waals surface area contributed by atoms with E-state index in [0.717, 1.165) is 40.6 Å². The molecule has 0 fully saturated rings. The minimum absolute atomic E-state index is 0.368. The number of nitrogens with zero attached hydrogens (tertiary/aromatic N) is 1. The van der Waals surface area contributed by atoms with E-state index in [-0.39, 0.29) is 0 Å². The monoisotopic (exact) mass is 412 g/mol. The van der Waals surface area contributed by atoms with Crippen LogP contribution in [0.4, 0.5) is 0 Å². The molecule has 0 unspecified atom stereocenters. The van der Waals surface area contributed by atoms with Gasteiger partial charge in [0.15, 0.2) is 0 Å². The maximum absolute atomic E-state index is 12.3. The van der Waals surface area contributed by atoms with Crippen molar-refractivity contribution in [3.8, 4) is 0 Å². The van der Waals surface area contributed by atoms with Crippen molar-refractivity contribution in [1.82, 2.24) is 9.88 Å².